The lowest BCUT2D eigenvalue weighted by Crippen LogP contribution is -2.54. The van der Waals surface area contributed by atoms with Gasteiger partial charge in [0, 0.05) is 19.5 Å². The van der Waals surface area contributed by atoms with Gasteiger partial charge >= 0.3 is 5.97 Å². The molecule has 0 saturated carbocycles. The van der Waals surface area contributed by atoms with E-state index in [0.29, 0.717) is 6.54 Å². The molecule has 0 aromatic rings. The molecule has 20 heavy (non-hydrogen) atoms. The smallest absolute Gasteiger partial charge is 0.326 e. The number of likely N-dealkylation sites (tertiary alicyclic amines) is 1. The van der Waals surface area contributed by atoms with Gasteiger partial charge in [0.25, 0.3) is 0 Å². The van der Waals surface area contributed by atoms with Gasteiger partial charge in [0.1, 0.15) is 6.04 Å². The molecule has 3 N–H and O–H groups in total. The van der Waals surface area contributed by atoms with Gasteiger partial charge in [-0.2, -0.15) is 0 Å². The van der Waals surface area contributed by atoms with E-state index in [0.717, 1.165) is 32.2 Å². The van der Waals surface area contributed by atoms with Crippen LogP contribution in [0.15, 0.2) is 0 Å². The van der Waals surface area contributed by atoms with Crippen molar-refractivity contribution in [2.75, 3.05) is 19.6 Å². The van der Waals surface area contributed by atoms with Crippen LogP contribution in [-0.2, 0) is 9.59 Å². The molecule has 2 aliphatic rings. The summed E-state index contributed by atoms with van der Waals surface area (Å²) in [7, 11) is 0. The summed E-state index contributed by atoms with van der Waals surface area (Å²) in [6.07, 6.45) is 2.79. The number of β-amino-alcohol motifs (C(OH)–C–C–N with tert-alkyl or cyclic N) is 1. The van der Waals surface area contributed by atoms with Crippen LogP contribution in [0.3, 0.4) is 0 Å². The van der Waals surface area contributed by atoms with Crippen LogP contribution < -0.4 is 5.32 Å². The number of aliphatic hydroxyl groups is 1. The quantitative estimate of drug-likeness (QED) is 0.686. The Hall–Kier alpha value is -1.14. The SMILES string of the molecule is CCCC1(C(=O)N2C[C@@H](O)C[C@H]2C(=O)O)CCCNC1. The molecule has 0 aromatic heterocycles. The Balaban J connectivity index is 2.20. The van der Waals surface area contributed by atoms with E-state index in [2.05, 4.69) is 5.32 Å². The summed E-state index contributed by atoms with van der Waals surface area (Å²) in [6.45, 7) is 3.70. The van der Waals surface area contributed by atoms with Gasteiger partial charge in [0.05, 0.1) is 11.5 Å². The molecule has 1 amide bonds. The Labute approximate surface area is 119 Å². The number of hydrogen-bond donors (Lipinski definition) is 3. The number of nitrogens with zero attached hydrogens (tertiary/aromatic N) is 1. The molecule has 3 atom stereocenters. The van der Waals surface area contributed by atoms with Crippen molar-refractivity contribution in [3.05, 3.63) is 0 Å². The Morgan fingerprint density at radius 1 is 1.45 bits per heavy atom. The predicted molar refractivity (Wildman–Crippen MR) is 73.2 cm³/mol. The Bertz CT molecular complexity index is 374. The van der Waals surface area contributed by atoms with Crippen LogP contribution in [0, 0.1) is 5.41 Å². The van der Waals surface area contributed by atoms with Crippen molar-refractivity contribution >= 4 is 11.9 Å². The number of hydrogen-bond acceptors (Lipinski definition) is 4. The fraction of sp³-hybridized carbons (Fsp3) is 0.857. The van der Waals surface area contributed by atoms with Gasteiger partial charge in [-0.1, -0.05) is 13.3 Å². The van der Waals surface area contributed by atoms with Crippen LogP contribution >= 0.6 is 0 Å². The molecular formula is C14H24N2O4. The normalized spacial score (nSPS) is 34.2. The molecule has 2 fully saturated rings. The number of amides is 1. The van der Waals surface area contributed by atoms with Crippen molar-refractivity contribution in [2.24, 2.45) is 5.41 Å². The maximum absolute atomic E-state index is 12.9. The van der Waals surface area contributed by atoms with Crippen molar-refractivity contribution in [2.45, 2.75) is 51.2 Å². The van der Waals surface area contributed by atoms with E-state index in [1.165, 1.54) is 4.90 Å². The van der Waals surface area contributed by atoms with E-state index in [4.69, 9.17) is 0 Å². The van der Waals surface area contributed by atoms with Crippen molar-refractivity contribution in [1.29, 1.82) is 0 Å². The van der Waals surface area contributed by atoms with Crippen LogP contribution in [0.2, 0.25) is 0 Å². The summed E-state index contributed by atoms with van der Waals surface area (Å²) in [5.41, 5.74) is -0.495. The number of carbonyl (C=O) groups is 2. The summed E-state index contributed by atoms with van der Waals surface area (Å²) in [5.74, 6) is -1.12. The Morgan fingerprint density at radius 2 is 2.20 bits per heavy atom. The van der Waals surface area contributed by atoms with Gasteiger partial charge < -0.3 is 20.4 Å². The fourth-order valence-electron chi connectivity index (χ4n) is 3.53. The number of aliphatic hydroxyl groups excluding tert-OH is 1. The van der Waals surface area contributed by atoms with Crippen LogP contribution in [0.4, 0.5) is 0 Å². The van der Waals surface area contributed by atoms with E-state index in [1.807, 2.05) is 6.92 Å². The predicted octanol–water partition coefficient (Wildman–Crippen LogP) is 0.203. The molecule has 2 aliphatic heterocycles. The lowest BCUT2D eigenvalue weighted by Gasteiger charge is -2.40. The summed E-state index contributed by atoms with van der Waals surface area (Å²) in [5, 5.41) is 22.2. The van der Waals surface area contributed by atoms with Crippen LogP contribution in [0.25, 0.3) is 0 Å². The summed E-state index contributed by atoms with van der Waals surface area (Å²) >= 11 is 0. The van der Waals surface area contributed by atoms with E-state index in [9.17, 15) is 19.8 Å². The number of nitrogens with one attached hydrogen (secondary N) is 1. The zero-order valence-electron chi connectivity index (χ0n) is 12.0. The molecule has 114 valence electrons. The van der Waals surface area contributed by atoms with Gasteiger partial charge in [0.2, 0.25) is 5.91 Å². The number of carboxylic acid groups (broad SMARTS) is 1. The van der Waals surface area contributed by atoms with Gasteiger partial charge in [0.15, 0.2) is 0 Å². The fourth-order valence-corrected chi connectivity index (χ4v) is 3.53. The van der Waals surface area contributed by atoms with Crippen LogP contribution in [-0.4, -0.2) is 58.8 Å². The van der Waals surface area contributed by atoms with Crippen molar-refractivity contribution in [3.63, 3.8) is 0 Å². The molecule has 2 heterocycles. The third kappa shape index (κ3) is 2.81. The van der Waals surface area contributed by atoms with Crippen molar-refractivity contribution in [1.82, 2.24) is 10.2 Å². The van der Waals surface area contributed by atoms with Gasteiger partial charge in [-0.05, 0) is 25.8 Å². The largest absolute Gasteiger partial charge is 0.480 e. The van der Waals surface area contributed by atoms with Crippen LogP contribution in [0.5, 0.6) is 0 Å². The molecule has 2 rings (SSSR count). The molecular weight excluding hydrogens is 260 g/mol. The number of piperidine rings is 1. The van der Waals surface area contributed by atoms with Crippen molar-refractivity contribution in [3.8, 4) is 0 Å². The lowest BCUT2D eigenvalue weighted by molar-refractivity contribution is -0.154. The second-order valence-corrected chi connectivity index (χ2v) is 6.01. The molecule has 0 bridgehead atoms. The van der Waals surface area contributed by atoms with Crippen LogP contribution in [0.1, 0.15) is 39.0 Å². The minimum Gasteiger partial charge on any atom is -0.480 e. The molecule has 0 radical (unpaired) electrons. The number of carboxylic acids is 1. The minimum absolute atomic E-state index is 0.101. The first-order valence-electron chi connectivity index (χ1n) is 7.43. The van der Waals surface area contributed by atoms with Gasteiger partial charge in [-0.25, -0.2) is 4.79 Å². The highest BCUT2D eigenvalue weighted by Crippen LogP contribution is 2.36. The molecule has 6 nitrogen and oxygen atoms in total. The molecule has 0 aliphatic carbocycles. The maximum atomic E-state index is 12.9. The summed E-state index contributed by atoms with van der Waals surface area (Å²) in [6, 6.07) is -0.881. The second kappa shape index (κ2) is 6.10. The van der Waals surface area contributed by atoms with E-state index in [-0.39, 0.29) is 18.9 Å². The number of aliphatic carboxylic acids is 1. The zero-order chi connectivity index (χ0) is 14.8. The second-order valence-electron chi connectivity index (χ2n) is 6.01. The average Bonchev–Trinajstić information content (AvgIpc) is 2.81. The van der Waals surface area contributed by atoms with E-state index in [1.54, 1.807) is 0 Å². The van der Waals surface area contributed by atoms with E-state index < -0.39 is 23.5 Å². The summed E-state index contributed by atoms with van der Waals surface area (Å²) in [4.78, 5) is 25.6. The van der Waals surface area contributed by atoms with Gasteiger partial charge in [-0.3, -0.25) is 4.79 Å². The highest BCUT2D eigenvalue weighted by molar-refractivity contribution is 5.88. The minimum atomic E-state index is -1.02. The van der Waals surface area contributed by atoms with Crippen molar-refractivity contribution < 1.29 is 19.8 Å². The standard InChI is InChI=1S/C14H24N2O4/c1-2-4-14(5-3-6-15-9-14)13(20)16-8-10(17)7-11(16)12(18)19/h10-11,15,17H,2-9H2,1H3,(H,18,19)/t10-,11-,14?/m0/s1. The monoisotopic (exact) mass is 284 g/mol. The molecule has 0 spiro atoms. The molecule has 6 heteroatoms. The first-order chi connectivity index (χ1) is 9.50. The average molecular weight is 284 g/mol. The Kier molecular flexibility index (Phi) is 4.65. The van der Waals surface area contributed by atoms with Gasteiger partial charge in [-0.15, -0.1) is 0 Å². The first kappa shape index (κ1) is 15.3. The molecule has 0 aromatic carbocycles. The summed E-state index contributed by atoms with van der Waals surface area (Å²) < 4.78 is 0. The Morgan fingerprint density at radius 3 is 2.75 bits per heavy atom. The third-order valence-corrected chi connectivity index (χ3v) is 4.48. The number of rotatable bonds is 4. The highest BCUT2D eigenvalue weighted by Gasteiger charge is 2.47. The van der Waals surface area contributed by atoms with E-state index >= 15 is 0 Å². The number of carbonyl (C=O) groups excluding carboxylic acids is 1. The third-order valence-electron chi connectivity index (χ3n) is 4.48. The highest BCUT2D eigenvalue weighted by atomic mass is 16.4. The molecule has 1 unspecified atom stereocenters. The first-order valence-corrected chi connectivity index (χ1v) is 7.43. The molecule has 2 saturated heterocycles. The topological polar surface area (TPSA) is 89.9 Å². The lowest BCUT2D eigenvalue weighted by atomic mass is 9.75. The zero-order valence-corrected chi connectivity index (χ0v) is 12.0. The maximum Gasteiger partial charge on any atom is 0.326 e.